The zero-order valence-electron chi connectivity index (χ0n) is 15.7. The van der Waals surface area contributed by atoms with Crippen LogP contribution in [0.2, 0.25) is 0 Å². The highest BCUT2D eigenvalue weighted by atomic mass is 32.1. The molecule has 1 aromatic heterocycles. The molecule has 2 N–H and O–H groups in total. The second-order valence-electron chi connectivity index (χ2n) is 6.12. The summed E-state index contributed by atoms with van der Waals surface area (Å²) in [6, 6.07) is 7.81. The zero-order valence-corrected chi connectivity index (χ0v) is 16.5. The first-order valence-electron chi connectivity index (χ1n) is 8.69. The lowest BCUT2D eigenvalue weighted by Gasteiger charge is -2.09. The zero-order chi connectivity index (χ0) is 21.7. The van der Waals surface area contributed by atoms with Gasteiger partial charge in [0, 0.05) is 10.9 Å². The molecule has 6 nitrogen and oxygen atoms in total. The molecule has 0 bridgehead atoms. The van der Waals surface area contributed by atoms with E-state index >= 15 is 0 Å². The first-order chi connectivity index (χ1) is 14.3. The van der Waals surface area contributed by atoms with Crippen LogP contribution in [0.25, 0.3) is 0 Å². The maximum absolute atomic E-state index is 13.6. The minimum absolute atomic E-state index is 0.277. The molecule has 156 valence electrons. The van der Waals surface area contributed by atoms with Crippen molar-refractivity contribution >= 4 is 28.8 Å². The molecule has 0 saturated carbocycles. The Kier molecular flexibility index (Phi) is 6.68. The average Bonchev–Trinajstić information content (AvgIpc) is 3.16. The number of aryl methyl sites for hydroxylation is 1. The van der Waals surface area contributed by atoms with Gasteiger partial charge in [0.15, 0.2) is 17.5 Å². The molecule has 0 radical (unpaired) electrons. The first kappa shape index (κ1) is 21.3. The van der Waals surface area contributed by atoms with E-state index in [0.717, 1.165) is 16.8 Å². The number of amides is 2. The van der Waals surface area contributed by atoms with Gasteiger partial charge in [-0.3, -0.25) is 9.59 Å². The van der Waals surface area contributed by atoms with Gasteiger partial charge in [-0.2, -0.15) is 0 Å². The first-order valence-corrected chi connectivity index (χ1v) is 9.57. The fraction of sp³-hybridized carbons (Fsp3) is 0.150. The summed E-state index contributed by atoms with van der Waals surface area (Å²) in [5, 5.41) is 7.26. The molecular formula is C20H16F3N3O3S. The standard InChI is InChI=1S/C20H16F3N3O3S/c1-11-25-13(10-30-11)9-29-14-4-2-12(3-5-14)20(28)24-8-17(27)26-16-7-6-15(21)18(22)19(16)23/h2-7,10H,8-9H2,1H3,(H,24,28)(H,26,27). The van der Waals surface area contributed by atoms with Crippen molar-refractivity contribution in [2.24, 2.45) is 0 Å². The highest BCUT2D eigenvalue weighted by Crippen LogP contribution is 2.19. The number of thiazole rings is 1. The number of halogens is 3. The number of carbonyl (C=O) groups excluding carboxylic acids is 2. The number of aromatic nitrogens is 1. The summed E-state index contributed by atoms with van der Waals surface area (Å²) < 4.78 is 45.2. The van der Waals surface area contributed by atoms with Gasteiger partial charge in [0.05, 0.1) is 22.9 Å². The summed E-state index contributed by atoms with van der Waals surface area (Å²) in [4.78, 5) is 28.3. The number of rotatable bonds is 7. The van der Waals surface area contributed by atoms with E-state index in [4.69, 9.17) is 4.74 Å². The van der Waals surface area contributed by atoms with Gasteiger partial charge in [-0.05, 0) is 43.3 Å². The van der Waals surface area contributed by atoms with E-state index in [-0.39, 0.29) is 5.56 Å². The Labute approximate surface area is 173 Å². The molecule has 2 aromatic carbocycles. The van der Waals surface area contributed by atoms with Crippen LogP contribution in [-0.4, -0.2) is 23.3 Å². The van der Waals surface area contributed by atoms with Crippen LogP contribution < -0.4 is 15.4 Å². The van der Waals surface area contributed by atoms with E-state index in [1.165, 1.54) is 23.5 Å². The molecule has 0 aliphatic carbocycles. The van der Waals surface area contributed by atoms with Gasteiger partial charge in [-0.1, -0.05) is 0 Å². The van der Waals surface area contributed by atoms with Gasteiger partial charge in [-0.25, -0.2) is 18.2 Å². The number of hydrogen-bond acceptors (Lipinski definition) is 5. The monoisotopic (exact) mass is 435 g/mol. The smallest absolute Gasteiger partial charge is 0.251 e. The molecule has 0 fully saturated rings. The van der Waals surface area contributed by atoms with Crippen LogP contribution in [-0.2, 0) is 11.4 Å². The van der Waals surface area contributed by atoms with Gasteiger partial charge in [0.2, 0.25) is 5.91 Å². The van der Waals surface area contributed by atoms with Crippen molar-refractivity contribution in [1.82, 2.24) is 10.3 Å². The number of carbonyl (C=O) groups is 2. The Bertz CT molecular complexity index is 1070. The van der Waals surface area contributed by atoms with Crippen molar-refractivity contribution in [2.45, 2.75) is 13.5 Å². The van der Waals surface area contributed by atoms with Gasteiger partial charge >= 0.3 is 0 Å². The molecule has 0 saturated heterocycles. The molecule has 0 aliphatic heterocycles. The second kappa shape index (κ2) is 9.40. The molecule has 0 atom stereocenters. The minimum Gasteiger partial charge on any atom is -0.487 e. The highest BCUT2D eigenvalue weighted by molar-refractivity contribution is 7.09. The maximum atomic E-state index is 13.6. The Hall–Kier alpha value is -3.40. The minimum atomic E-state index is -1.69. The Balaban J connectivity index is 1.49. The number of ether oxygens (including phenoxy) is 1. The molecular weight excluding hydrogens is 419 g/mol. The SMILES string of the molecule is Cc1nc(COc2ccc(C(=O)NCC(=O)Nc3ccc(F)c(F)c3F)cc2)cs1. The third-order valence-corrected chi connectivity index (χ3v) is 4.71. The third kappa shape index (κ3) is 5.35. The summed E-state index contributed by atoms with van der Waals surface area (Å²) in [6.45, 7) is 1.71. The van der Waals surface area contributed by atoms with E-state index in [0.29, 0.717) is 18.4 Å². The fourth-order valence-electron chi connectivity index (χ4n) is 2.41. The average molecular weight is 435 g/mol. The van der Waals surface area contributed by atoms with E-state index < -0.39 is 41.5 Å². The van der Waals surface area contributed by atoms with Crippen molar-refractivity contribution in [3.05, 3.63) is 75.5 Å². The maximum Gasteiger partial charge on any atom is 0.251 e. The predicted molar refractivity (Wildman–Crippen MR) is 105 cm³/mol. The Morgan fingerprint density at radius 1 is 1.07 bits per heavy atom. The largest absolute Gasteiger partial charge is 0.487 e. The van der Waals surface area contributed by atoms with Crippen LogP contribution in [0.15, 0.2) is 41.8 Å². The molecule has 2 amide bonds. The highest BCUT2D eigenvalue weighted by Gasteiger charge is 2.16. The predicted octanol–water partition coefficient (Wildman–Crippen LogP) is 3.82. The van der Waals surface area contributed by atoms with Crippen LogP contribution in [0.5, 0.6) is 5.75 Å². The van der Waals surface area contributed by atoms with E-state index in [1.54, 1.807) is 12.1 Å². The summed E-state index contributed by atoms with van der Waals surface area (Å²) in [7, 11) is 0. The lowest BCUT2D eigenvalue weighted by molar-refractivity contribution is -0.115. The summed E-state index contributed by atoms with van der Waals surface area (Å²) >= 11 is 1.52. The van der Waals surface area contributed by atoms with Gasteiger partial charge in [0.1, 0.15) is 12.4 Å². The molecule has 0 spiro atoms. The van der Waals surface area contributed by atoms with E-state index in [9.17, 15) is 22.8 Å². The number of benzene rings is 2. The Morgan fingerprint density at radius 2 is 1.80 bits per heavy atom. The lowest BCUT2D eigenvalue weighted by atomic mass is 10.2. The molecule has 1 heterocycles. The molecule has 10 heteroatoms. The van der Waals surface area contributed by atoms with E-state index in [2.05, 4.69) is 15.6 Å². The van der Waals surface area contributed by atoms with Gasteiger partial charge in [0.25, 0.3) is 5.91 Å². The van der Waals surface area contributed by atoms with Crippen LogP contribution in [0.1, 0.15) is 21.1 Å². The summed E-state index contributed by atoms with van der Waals surface area (Å²) in [5.41, 5.74) is 0.562. The fourth-order valence-corrected chi connectivity index (χ4v) is 3.01. The van der Waals surface area contributed by atoms with Crippen LogP contribution >= 0.6 is 11.3 Å². The molecule has 0 aliphatic rings. The second-order valence-corrected chi connectivity index (χ2v) is 7.19. The van der Waals surface area contributed by atoms with Crippen molar-refractivity contribution in [3.63, 3.8) is 0 Å². The van der Waals surface area contributed by atoms with Crippen LogP contribution in [0.4, 0.5) is 18.9 Å². The van der Waals surface area contributed by atoms with Gasteiger partial charge in [-0.15, -0.1) is 11.3 Å². The molecule has 3 rings (SSSR count). The van der Waals surface area contributed by atoms with Gasteiger partial charge < -0.3 is 15.4 Å². The summed E-state index contributed by atoms with van der Waals surface area (Å²) in [6.07, 6.45) is 0. The van der Waals surface area contributed by atoms with Crippen LogP contribution in [0.3, 0.4) is 0 Å². The molecule has 0 unspecified atom stereocenters. The lowest BCUT2D eigenvalue weighted by Crippen LogP contribution is -2.33. The topological polar surface area (TPSA) is 80.3 Å². The summed E-state index contributed by atoms with van der Waals surface area (Å²) in [5.74, 6) is -5.37. The van der Waals surface area contributed by atoms with Crippen molar-refractivity contribution in [1.29, 1.82) is 0 Å². The molecule has 30 heavy (non-hydrogen) atoms. The van der Waals surface area contributed by atoms with Crippen molar-refractivity contribution in [2.75, 3.05) is 11.9 Å². The van der Waals surface area contributed by atoms with E-state index in [1.807, 2.05) is 12.3 Å². The number of nitrogens with one attached hydrogen (secondary N) is 2. The Morgan fingerprint density at radius 3 is 2.47 bits per heavy atom. The quantitative estimate of drug-likeness (QED) is 0.553. The number of nitrogens with zero attached hydrogens (tertiary/aromatic N) is 1. The van der Waals surface area contributed by atoms with Crippen LogP contribution in [0, 0.1) is 24.4 Å². The third-order valence-electron chi connectivity index (χ3n) is 3.89. The normalized spacial score (nSPS) is 10.5. The van der Waals surface area contributed by atoms with Crippen molar-refractivity contribution < 1.29 is 27.5 Å². The molecule has 3 aromatic rings. The number of anilines is 1. The number of hydrogen-bond donors (Lipinski definition) is 2. The van der Waals surface area contributed by atoms with Crippen molar-refractivity contribution in [3.8, 4) is 5.75 Å².